The number of anilines is 1. The number of nitrogens with two attached hydrogens (primary N) is 1. The van der Waals surface area contributed by atoms with E-state index in [-0.39, 0.29) is 24.3 Å². The zero-order valence-corrected chi connectivity index (χ0v) is 18.3. The van der Waals surface area contributed by atoms with Crippen LogP contribution in [0.4, 0.5) is 5.69 Å². The predicted octanol–water partition coefficient (Wildman–Crippen LogP) is 1.15. The molecule has 1 atom stereocenters. The van der Waals surface area contributed by atoms with Crippen LogP contribution in [0.2, 0.25) is 5.02 Å². The maximum absolute atomic E-state index is 12.7. The van der Waals surface area contributed by atoms with Crippen LogP contribution in [-0.4, -0.2) is 80.4 Å². The number of piperazine rings is 1. The van der Waals surface area contributed by atoms with Gasteiger partial charge in [-0.15, -0.1) is 0 Å². The van der Waals surface area contributed by atoms with Gasteiger partial charge in [-0.05, 0) is 43.0 Å². The van der Waals surface area contributed by atoms with Crippen LogP contribution in [0.5, 0.6) is 0 Å². The minimum absolute atomic E-state index is 0.0672. The summed E-state index contributed by atoms with van der Waals surface area (Å²) in [4.78, 5) is 34.5. The maximum atomic E-state index is 12.7. The number of likely N-dealkylation sites (tertiary alicyclic amines) is 1. The van der Waals surface area contributed by atoms with Crippen LogP contribution >= 0.6 is 11.6 Å². The molecule has 2 aliphatic heterocycles. The highest BCUT2D eigenvalue weighted by molar-refractivity contribution is 6.30. The summed E-state index contributed by atoms with van der Waals surface area (Å²) in [7, 11) is 1.72. The number of carbonyl (C=O) groups is 2. The second kappa shape index (κ2) is 10.5. The molecule has 0 aromatic heterocycles. The second-order valence-corrected chi connectivity index (χ2v) is 8.31. The summed E-state index contributed by atoms with van der Waals surface area (Å²) in [5.41, 5.74) is 6.47. The number of nitrogens with one attached hydrogen (secondary N) is 1. The van der Waals surface area contributed by atoms with Gasteiger partial charge in [-0.3, -0.25) is 14.6 Å². The minimum atomic E-state index is -0.266. The molecule has 2 heterocycles. The van der Waals surface area contributed by atoms with E-state index in [1.807, 2.05) is 29.2 Å². The van der Waals surface area contributed by atoms with Crippen LogP contribution in [0.25, 0.3) is 0 Å². The summed E-state index contributed by atoms with van der Waals surface area (Å²) in [6, 6.07) is 7.79. The largest absolute Gasteiger partial charge is 0.370 e. The summed E-state index contributed by atoms with van der Waals surface area (Å²) >= 11 is 5.96. The van der Waals surface area contributed by atoms with Gasteiger partial charge >= 0.3 is 0 Å². The van der Waals surface area contributed by atoms with Gasteiger partial charge in [-0.2, -0.15) is 0 Å². The Balaban J connectivity index is 1.45. The van der Waals surface area contributed by atoms with E-state index in [1.165, 1.54) is 0 Å². The van der Waals surface area contributed by atoms with Crippen LogP contribution in [0, 0.1) is 5.92 Å². The minimum Gasteiger partial charge on any atom is -0.370 e. The summed E-state index contributed by atoms with van der Waals surface area (Å²) in [5, 5.41) is 3.92. The zero-order chi connectivity index (χ0) is 21.5. The van der Waals surface area contributed by atoms with Crippen LogP contribution in [0.3, 0.4) is 0 Å². The Morgan fingerprint density at radius 1 is 1.13 bits per heavy atom. The predicted molar refractivity (Wildman–Crippen MR) is 120 cm³/mol. The Morgan fingerprint density at radius 3 is 2.47 bits per heavy atom. The SMILES string of the molecule is CN=C(NCC(=O)N1CCN(c2ccc(Cl)cc2)CC1)N1CCCC(CC(N)=O)C1. The summed E-state index contributed by atoms with van der Waals surface area (Å²) in [5.74, 6) is 0.749. The number of nitrogens with zero attached hydrogens (tertiary/aromatic N) is 4. The lowest BCUT2D eigenvalue weighted by Gasteiger charge is -2.37. The van der Waals surface area contributed by atoms with Crippen LogP contribution in [-0.2, 0) is 9.59 Å². The standard InChI is InChI=1S/C21H31ClN6O2/c1-24-21(28-8-2-3-16(15-28)13-19(23)29)25-14-20(30)27-11-9-26(10-12-27)18-6-4-17(22)5-7-18/h4-7,16H,2-3,8-15H2,1H3,(H2,23,29)(H,24,25). The highest BCUT2D eigenvalue weighted by Crippen LogP contribution is 2.20. The van der Waals surface area contributed by atoms with Gasteiger partial charge in [0.1, 0.15) is 0 Å². The van der Waals surface area contributed by atoms with Crippen molar-refractivity contribution >= 4 is 35.1 Å². The van der Waals surface area contributed by atoms with E-state index in [1.54, 1.807) is 7.05 Å². The smallest absolute Gasteiger partial charge is 0.242 e. The molecular weight excluding hydrogens is 404 g/mol. The number of primary amides is 1. The van der Waals surface area contributed by atoms with E-state index in [2.05, 4.69) is 20.1 Å². The van der Waals surface area contributed by atoms with E-state index in [9.17, 15) is 9.59 Å². The van der Waals surface area contributed by atoms with Crippen molar-refractivity contribution in [1.82, 2.24) is 15.1 Å². The van der Waals surface area contributed by atoms with Gasteiger partial charge in [-0.25, -0.2) is 0 Å². The molecule has 2 amide bonds. The van der Waals surface area contributed by atoms with Crippen LogP contribution < -0.4 is 16.0 Å². The lowest BCUT2D eigenvalue weighted by Crippen LogP contribution is -2.53. The first-order valence-corrected chi connectivity index (χ1v) is 10.9. The van der Waals surface area contributed by atoms with Crippen molar-refractivity contribution in [2.75, 3.05) is 57.8 Å². The number of amides is 2. The molecule has 1 unspecified atom stereocenters. The Labute approximate surface area is 183 Å². The Bertz CT molecular complexity index is 761. The average molecular weight is 435 g/mol. The second-order valence-electron chi connectivity index (χ2n) is 7.87. The molecule has 0 aliphatic carbocycles. The highest BCUT2D eigenvalue weighted by Gasteiger charge is 2.25. The Morgan fingerprint density at radius 2 is 1.83 bits per heavy atom. The molecule has 2 aliphatic rings. The monoisotopic (exact) mass is 434 g/mol. The summed E-state index contributed by atoms with van der Waals surface area (Å²) in [6.45, 7) is 4.77. The fraction of sp³-hybridized carbons (Fsp3) is 0.571. The number of rotatable bonds is 5. The molecule has 1 aromatic carbocycles. The lowest BCUT2D eigenvalue weighted by atomic mass is 9.95. The van der Waals surface area contributed by atoms with Gasteiger partial charge in [-0.1, -0.05) is 11.6 Å². The van der Waals surface area contributed by atoms with Crippen molar-refractivity contribution in [2.45, 2.75) is 19.3 Å². The molecule has 3 rings (SSSR count). The number of halogens is 1. The van der Waals surface area contributed by atoms with Gasteiger partial charge in [0, 0.05) is 63.4 Å². The summed E-state index contributed by atoms with van der Waals surface area (Å²) < 4.78 is 0. The summed E-state index contributed by atoms with van der Waals surface area (Å²) in [6.07, 6.45) is 2.37. The van der Waals surface area contributed by atoms with Crippen molar-refractivity contribution in [1.29, 1.82) is 0 Å². The highest BCUT2D eigenvalue weighted by atomic mass is 35.5. The van der Waals surface area contributed by atoms with Gasteiger partial charge < -0.3 is 25.8 Å². The van der Waals surface area contributed by atoms with E-state index in [4.69, 9.17) is 17.3 Å². The van der Waals surface area contributed by atoms with Crippen molar-refractivity contribution in [2.24, 2.45) is 16.6 Å². The number of benzene rings is 1. The van der Waals surface area contributed by atoms with E-state index >= 15 is 0 Å². The average Bonchev–Trinajstić information content (AvgIpc) is 2.74. The third-order valence-corrected chi connectivity index (χ3v) is 5.99. The van der Waals surface area contributed by atoms with Gasteiger partial charge in [0.2, 0.25) is 11.8 Å². The maximum Gasteiger partial charge on any atom is 0.242 e. The van der Waals surface area contributed by atoms with Crippen molar-refractivity contribution in [3.8, 4) is 0 Å². The molecule has 0 spiro atoms. The Kier molecular flexibility index (Phi) is 7.79. The number of carbonyl (C=O) groups excluding carboxylic acids is 2. The van der Waals surface area contributed by atoms with Gasteiger partial charge in [0.15, 0.2) is 5.96 Å². The van der Waals surface area contributed by atoms with Crippen LogP contribution in [0.15, 0.2) is 29.3 Å². The topological polar surface area (TPSA) is 94.3 Å². The third-order valence-electron chi connectivity index (χ3n) is 5.74. The first-order valence-electron chi connectivity index (χ1n) is 10.5. The van der Waals surface area contributed by atoms with E-state index < -0.39 is 0 Å². The first kappa shape index (κ1) is 22.2. The number of guanidine groups is 1. The molecular formula is C21H31ClN6O2. The first-order chi connectivity index (χ1) is 14.5. The lowest BCUT2D eigenvalue weighted by molar-refractivity contribution is -0.130. The molecule has 30 heavy (non-hydrogen) atoms. The van der Waals surface area contributed by atoms with Crippen molar-refractivity contribution in [3.63, 3.8) is 0 Å². The molecule has 1 aromatic rings. The van der Waals surface area contributed by atoms with Crippen molar-refractivity contribution < 1.29 is 9.59 Å². The number of aliphatic imine (C=N–C) groups is 1. The number of piperidine rings is 1. The van der Waals surface area contributed by atoms with E-state index in [0.29, 0.717) is 25.5 Å². The molecule has 8 nitrogen and oxygen atoms in total. The molecule has 0 bridgehead atoms. The molecule has 0 radical (unpaired) electrons. The molecule has 164 valence electrons. The molecule has 0 saturated carbocycles. The quantitative estimate of drug-likeness (QED) is 0.535. The number of hydrogen-bond donors (Lipinski definition) is 2. The van der Waals surface area contributed by atoms with Gasteiger partial charge in [0.25, 0.3) is 0 Å². The van der Waals surface area contributed by atoms with Crippen molar-refractivity contribution in [3.05, 3.63) is 29.3 Å². The number of hydrogen-bond acceptors (Lipinski definition) is 4. The fourth-order valence-corrected chi connectivity index (χ4v) is 4.30. The molecule has 2 fully saturated rings. The normalized spacial score (nSPS) is 20.3. The Hall–Kier alpha value is -2.48. The molecule has 3 N–H and O–H groups in total. The van der Waals surface area contributed by atoms with E-state index in [0.717, 1.165) is 49.7 Å². The molecule has 9 heteroatoms. The molecule has 2 saturated heterocycles. The van der Waals surface area contributed by atoms with Crippen LogP contribution in [0.1, 0.15) is 19.3 Å². The third kappa shape index (κ3) is 6.01. The fourth-order valence-electron chi connectivity index (χ4n) is 4.17. The van der Waals surface area contributed by atoms with Gasteiger partial charge in [0.05, 0.1) is 6.54 Å². The zero-order valence-electron chi connectivity index (χ0n) is 17.5.